The largest absolute Gasteiger partial charge is 0.369 e. The smallest absolute Gasteiger partial charge is 0.254 e. The average Bonchev–Trinajstić information content (AvgIpc) is 2.84. The second kappa shape index (κ2) is 9.77. The monoisotopic (exact) mass is 477 g/mol. The number of fused-ring (bicyclic) bond motifs is 3. The molecule has 1 fully saturated rings. The molecule has 3 heterocycles. The molecule has 0 spiro atoms. The quantitative estimate of drug-likeness (QED) is 0.693. The molecule has 8 heteroatoms. The van der Waals surface area contributed by atoms with E-state index in [0.29, 0.717) is 6.54 Å². The fraction of sp³-hybridized carbons (Fsp3) is 0.444. The molecule has 3 aliphatic heterocycles. The third-order valence-electron chi connectivity index (χ3n) is 7.17. The summed E-state index contributed by atoms with van der Waals surface area (Å²) < 4.78 is 14.5. The summed E-state index contributed by atoms with van der Waals surface area (Å²) in [6.07, 6.45) is 1.83. The van der Waals surface area contributed by atoms with Gasteiger partial charge < -0.3 is 15.5 Å². The van der Waals surface area contributed by atoms with Crippen molar-refractivity contribution >= 4 is 28.9 Å². The lowest BCUT2D eigenvalue weighted by Crippen LogP contribution is -2.46. The van der Waals surface area contributed by atoms with Crippen LogP contribution in [0.2, 0.25) is 0 Å². The third-order valence-corrected chi connectivity index (χ3v) is 7.17. The van der Waals surface area contributed by atoms with Crippen LogP contribution in [0.25, 0.3) is 0 Å². The number of piperazine rings is 1. The number of carbonyl (C=O) groups is 2. The summed E-state index contributed by atoms with van der Waals surface area (Å²) in [6.45, 7) is 9.21. The second-order valence-corrected chi connectivity index (χ2v) is 9.57. The Morgan fingerprint density at radius 1 is 1.20 bits per heavy atom. The molecule has 0 bridgehead atoms. The van der Waals surface area contributed by atoms with Crippen molar-refractivity contribution in [2.24, 2.45) is 10.9 Å². The number of hydrogen-bond acceptors (Lipinski definition) is 5. The number of nitrogens with one attached hydrogen (secondary N) is 2. The summed E-state index contributed by atoms with van der Waals surface area (Å²) >= 11 is 0. The predicted octanol–water partition coefficient (Wildman–Crippen LogP) is 3.36. The summed E-state index contributed by atoms with van der Waals surface area (Å²) in [5.74, 6) is -0.934. The Morgan fingerprint density at radius 3 is 2.74 bits per heavy atom. The molecule has 0 radical (unpaired) electrons. The number of aliphatic imine (C=N–C) groups is 1. The number of hydrogen-bond donors (Lipinski definition) is 2. The van der Waals surface area contributed by atoms with E-state index >= 15 is 0 Å². The Hall–Kier alpha value is -3.26. The highest BCUT2D eigenvalue weighted by atomic mass is 19.1. The Morgan fingerprint density at radius 2 is 2.00 bits per heavy atom. The number of anilines is 2. The minimum atomic E-state index is -0.493. The van der Waals surface area contributed by atoms with E-state index in [1.165, 1.54) is 11.6 Å². The van der Waals surface area contributed by atoms with Gasteiger partial charge in [-0.15, -0.1) is 0 Å². The topological polar surface area (TPSA) is 77.0 Å². The van der Waals surface area contributed by atoms with Crippen LogP contribution in [0, 0.1) is 18.7 Å². The molecule has 2 N–H and O–H groups in total. The van der Waals surface area contributed by atoms with Crippen LogP contribution < -0.4 is 15.5 Å². The van der Waals surface area contributed by atoms with Gasteiger partial charge in [0.2, 0.25) is 5.91 Å². The molecule has 2 aromatic carbocycles. The zero-order valence-corrected chi connectivity index (χ0v) is 20.4. The first kappa shape index (κ1) is 23.5. The fourth-order valence-electron chi connectivity index (χ4n) is 5.43. The zero-order chi connectivity index (χ0) is 24.5. The molecule has 2 aromatic rings. The van der Waals surface area contributed by atoms with Gasteiger partial charge in [0.1, 0.15) is 5.82 Å². The number of nitrogens with zero attached hydrogens (tertiary/aromatic N) is 3. The molecule has 35 heavy (non-hydrogen) atoms. The van der Waals surface area contributed by atoms with Crippen molar-refractivity contribution in [3.05, 3.63) is 58.4 Å². The van der Waals surface area contributed by atoms with Gasteiger partial charge in [-0.2, -0.15) is 0 Å². The Bertz CT molecular complexity index is 1190. The molecule has 2 amide bonds. The summed E-state index contributed by atoms with van der Waals surface area (Å²) in [5, 5.41) is 5.76. The minimum absolute atomic E-state index is 0.0616. The molecule has 184 valence electrons. The first-order valence-corrected chi connectivity index (χ1v) is 12.5. The van der Waals surface area contributed by atoms with Gasteiger partial charge in [0, 0.05) is 57.1 Å². The van der Waals surface area contributed by atoms with Crippen molar-refractivity contribution in [2.75, 3.05) is 49.5 Å². The first-order valence-electron chi connectivity index (χ1n) is 12.5. The second-order valence-electron chi connectivity index (χ2n) is 9.57. The van der Waals surface area contributed by atoms with Gasteiger partial charge in [-0.05, 0) is 62.1 Å². The maximum atomic E-state index is 14.5. The van der Waals surface area contributed by atoms with Crippen molar-refractivity contribution in [3.63, 3.8) is 0 Å². The summed E-state index contributed by atoms with van der Waals surface area (Å²) in [5.41, 5.74) is 6.13. The number of benzene rings is 2. The normalized spacial score (nSPS) is 20.0. The summed E-state index contributed by atoms with van der Waals surface area (Å²) in [7, 11) is 0. The molecule has 1 unspecified atom stereocenters. The van der Waals surface area contributed by atoms with Crippen LogP contribution in [0.1, 0.15) is 46.8 Å². The molecule has 0 aromatic heterocycles. The number of halogens is 1. The van der Waals surface area contributed by atoms with Gasteiger partial charge in [-0.1, -0.05) is 6.07 Å². The zero-order valence-electron chi connectivity index (χ0n) is 20.4. The van der Waals surface area contributed by atoms with Crippen LogP contribution in [-0.4, -0.2) is 61.7 Å². The van der Waals surface area contributed by atoms with Crippen LogP contribution >= 0.6 is 0 Å². The van der Waals surface area contributed by atoms with E-state index in [9.17, 15) is 14.0 Å². The van der Waals surface area contributed by atoms with Crippen LogP contribution in [-0.2, 0) is 11.3 Å². The van der Waals surface area contributed by atoms with Gasteiger partial charge >= 0.3 is 0 Å². The highest BCUT2D eigenvalue weighted by molar-refractivity contribution is 6.23. The molecule has 1 atom stereocenters. The lowest BCUT2D eigenvalue weighted by molar-refractivity contribution is -0.118. The van der Waals surface area contributed by atoms with Gasteiger partial charge in [0.15, 0.2) is 0 Å². The minimum Gasteiger partial charge on any atom is -0.369 e. The summed E-state index contributed by atoms with van der Waals surface area (Å²) in [4.78, 5) is 33.8. The molecule has 7 nitrogen and oxygen atoms in total. The average molecular weight is 478 g/mol. The van der Waals surface area contributed by atoms with Crippen molar-refractivity contribution in [1.29, 1.82) is 0 Å². The lowest BCUT2D eigenvalue weighted by atomic mass is 9.83. The predicted molar refractivity (Wildman–Crippen MR) is 136 cm³/mol. The first-order chi connectivity index (χ1) is 16.9. The highest BCUT2D eigenvalue weighted by Crippen LogP contribution is 2.34. The molecule has 1 saturated heterocycles. The van der Waals surface area contributed by atoms with Crippen LogP contribution in [0.4, 0.5) is 15.8 Å². The van der Waals surface area contributed by atoms with Crippen molar-refractivity contribution in [2.45, 2.75) is 33.2 Å². The van der Waals surface area contributed by atoms with E-state index in [2.05, 4.69) is 39.5 Å². The standard InChI is InChI=1S/C27H32FN5O2/c1-3-29-26(34)20-7-6-19(15-22(20)28)33-11-9-32(10-12-33)16-18-13-17(2)24-23(14-18)31-27(35)21-5-4-8-30-25(21)24/h6-7,13-15,21H,3-5,8-12,16H2,1-2H3,(H,29,34)(H,31,35). The molecule has 0 saturated carbocycles. The Kier molecular flexibility index (Phi) is 6.56. The van der Waals surface area contributed by atoms with Gasteiger partial charge in [0.05, 0.1) is 22.9 Å². The van der Waals surface area contributed by atoms with Crippen LogP contribution in [0.5, 0.6) is 0 Å². The Labute approximate surface area is 205 Å². The van der Waals surface area contributed by atoms with E-state index < -0.39 is 5.82 Å². The third kappa shape index (κ3) is 4.67. The Balaban J connectivity index is 1.24. The van der Waals surface area contributed by atoms with Crippen molar-refractivity contribution < 1.29 is 14.0 Å². The van der Waals surface area contributed by atoms with E-state index in [1.54, 1.807) is 6.07 Å². The number of amides is 2. The maximum absolute atomic E-state index is 14.5. The molecule has 3 aliphatic rings. The number of aryl methyl sites for hydroxylation is 1. The SMILES string of the molecule is CCNC(=O)c1ccc(N2CCN(Cc3cc(C)c4c(c3)NC(=O)C3CCCN=C43)CC2)cc1F. The molecule has 5 rings (SSSR count). The van der Waals surface area contributed by atoms with Gasteiger partial charge in [-0.25, -0.2) is 4.39 Å². The highest BCUT2D eigenvalue weighted by Gasteiger charge is 2.35. The van der Waals surface area contributed by atoms with E-state index in [0.717, 1.165) is 80.3 Å². The van der Waals surface area contributed by atoms with E-state index in [1.807, 2.05) is 13.0 Å². The van der Waals surface area contributed by atoms with Gasteiger partial charge in [-0.3, -0.25) is 19.5 Å². The van der Waals surface area contributed by atoms with Crippen LogP contribution in [0.15, 0.2) is 35.3 Å². The summed E-state index contributed by atoms with van der Waals surface area (Å²) in [6, 6.07) is 9.15. The fourth-order valence-corrected chi connectivity index (χ4v) is 5.43. The van der Waals surface area contributed by atoms with Crippen molar-refractivity contribution in [3.8, 4) is 0 Å². The van der Waals surface area contributed by atoms with E-state index in [-0.39, 0.29) is 23.3 Å². The number of rotatable bonds is 5. The number of carbonyl (C=O) groups excluding carboxylic acids is 2. The maximum Gasteiger partial charge on any atom is 0.254 e. The van der Waals surface area contributed by atoms with Crippen LogP contribution in [0.3, 0.4) is 0 Å². The lowest BCUT2D eigenvalue weighted by Gasteiger charge is -2.36. The van der Waals surface area contributed by atoms with E-state index in [4.69, 9.17) is 4.99 Å². The van der Waals surface area contributed by atoms with Crippen molar-refractivity contribution in [1.82, 2.24) is 10.2 Å². The van der Waals surface area contributed by atoms with Gasteiger partial charge in [0.25, 0.3) is 5.91 Å². The molecular weight excluding hydrogens is 445 g/mol. The molecule has 0 aliphatic carbocycles. The molecular formula is C27H32FN5O2.